The van der Waals surface area contributed by atoms with Crippen molar-refractivity contribution in [2.45, 2.75) is 27.2 Å². The molecule has 14 heavy (non-hydrogen) atoms. The summed E-state index contributed by atoms with van der Waals surface area (Å²) in [6, 6.07) is 0. The number of rotatable bonds is 2. The van der Waals surface area contributed by atoms with Crippen LogP contribution in [0.15, 0.2) is 36.0 Å². The minimum absolute atomic E-state index is 0.232. The molecule has 0 fully saturated rings. The summed E-state index contributed by atoms with van der Waals surface area (Å²) in [5, 5.41) is 0. The Hall–Kier alpha value is -1.11. The lowest BCUT2D eigenvalue weighted by Gasteiger charge is -2.24. The van der Waals surface area contributed by atoms with Gasteiger partial charge in [-0.2, -0.15) is 0 Å². The average molecular weight is 190 g/mol. The van der Waals surface area contributed by atoms with E-state index < -0.39 is 0 Å². The monoisotopic (exact) mass is 190 g/mol. The molecule has 1 nitrogen and oxygen atoms in total. The number of hydrogen-bond donors (Lipinski definition) is 0. The topological polar surface area (TPSA) is 17.1 Å². The molecule has 0 saturated heterocycles. The van der Waals surface area contributed by atoms with Crippen molar-refractivity contribution in [1.82, 2.24) is 0 Å². The van der Waals surface area contributed by atoms with Crippen molar-refractivity contribution in [3.8, 4) is 0 Å². The van der Waals surface area contributed by atoms with Gasteiger partial charge < -0.3 is 0 Å². The molecule has 0 N–H and O–H groups in total. The maximum Gasteiger partial charge on any atom is 0.142 e. The van der Waals surface area contributed by atoms with Crippen molar-refractivity contribution in [3.05, 3.63) is 36.0 Å². The Labute approximate surface area is 86.2 Å². The maximum absolute atomic E-state index is 10.1. The van der Waals surface area contributed by atoms with Crippen LogP contribution in [0.4, 0.5) is 0 Å². The summed E-state index contributed by atoms with van der Waals surface area (Å²) in [5.41, 5.74) is 1.61. The fourth-order valence-electron chi connectivity index (χ4n) is 1.52. The van der Waals surface area contributed by atoms with Crippen LogP contribution >= 0.6 is 0 Å². The Morgan fingerprint density at radius 3 is 2.57 bits per heavy atom. The molecule has 76 valence electrons. The Kier molecular flexibility index (Phi) is 3.45. The zero-order chi connectivity index (χ0) is 10.6. The van der Waals surface area contributed by atoms with Crippen LogP contribution in [0.5, 0.6) is 0 Å². The summed E-state index contributed by atoms with van der Waals surface area (Å²) in [5.74, 6) is 0.395. The molecule has 0 heterocycles. The van der Waals surface area contributed by atoms with E-state index in [1.807, 2.05) is 6.08 Å². The Morgan fingerprint density at radius 1 is 1.43 bits per heavy atom. The molecule has 0 amide bonds. The molecular formula is C13H18O. The SMILES string of the molecule is CC(C)(C)C1=CCC(C=CC=O)C=C1. The Morgan fingerprint density at radius 2 is 2.14 bits per heavy atom. The first kappa shape index (κ1) is 11.0. The quantitative estimate of drug-likeness (QED) is 0.482. The fraction of sp³-hybridized carbons (Fsp3) is 0.462. The van der Waals surface area contributed by atoms with Gasteiger partial charge in [0.2, 0.25) is 0 Å². The van der Waals surface area contributed by atoms with Crippen LogP contribution in [0.1, 0.15) is 27.2 Å². The molecule has 1 rings (SSSR count). The first-order valence-corrected chi connectivity index (χ1v) is 5.05. The lowest BCUT2D eigenvalue weighted by Crippen LogP contribution is -2.10. The molecular weight excluding hydrogens is 172 g/mol. The van der Waals surface area contributed by atoms with Crippen LogP contribution in [0.25, 0.3) is 0 Å². The molecule has 0 bridgehead atoms. The molecule has 0 aromatic rings. The van der Waals surface area contributed by atoms with Gasteiger partial charge in [0.15, 0.2) is 0 Å². The highest BCUT2D eigenvalue weighted by Crippen LogP contribution is 2.30. The summed E-state index contributed by atoms with van der Waals surface area (Å²) >= 11 is 0. The Balaban J connectivity index is 2.62. The van der Waals surface area contributed by atoms with Crippen molar-refractivity contribution in [3.63, 3.8) is 0 Å². The molecule has 1 atom stereocenters. The van der Waals surface area contributed by atoms with E-state index in [2.05, 4.69) is 39.0 Å². The van der Waals surface area contributed by atoms with Gasteiger partial charge in [-0.15, -0.1) is 0 Å². The van der Waals surface area contributed by atoms with E-state index in [4.69, 9.17) is 0 Å². The molecule has 1 aliphatic carbocycles. The van der Waals surface area contributed by atoms with Crippen molar-refractivity contribution in [1.29, 1.82) is 0 Å². The summed E-state index contributed by atoms with van der Waals surface area (Å²) in [6.07, 6.45) is 12.0. The summed E-state index contributed by atoms with van der Waals surface area (Å²) in [6.45, 7) is 6.64. The van der Waals surface area contributed by atoms with E-state index in [0.717, 1.165) is 12.7 Å². The molecule has 0 aromatic carbocycles. The molecule has 1 aliphatic rings. The second-order valence-corrected chi connectivity index (χ2v) is 4.69. The lowest BCUT2D eigenvalue weighted by atomic mass is 9.81. The van der Waals surface area contributed by atoms with Gasteiger partial charge >= 0.3 is 0 Å². The molecule has 0 radical (unpaired) electrons. The van der Waals surface area contributed by atoms with E-state index in [-0.39, 0.29) is 5.41 Å². The van der Waals surface area contributed by atoms with Gasteiger partial charge in [-0.05, 0) is 29.4 Å². The van der Waals surface area contributed by atoms with Crippen molar-refractivity contribution in [2.75, 3.05) is 0 Å². The van der Waals surface area contributed by atoms with Crippen molar-refractivity contribution < 1.29 is 4.79 Å². The van der Waals surface area contributed by atoms with Gasteiger partial charge in [-0.3, -0.25) is 4.79 Å². The summed E-state index contributed by atoms with van der Waals surface area (Å²) in [4.78, 5) is 10.1. The predicted molar refractivity (Wildman–Crippen MR) is 60.0 cm³/mol. The number of aldehydes is 1. The maximum atomic E-state index is 10.1. The van der Waals surface area contributed by atoms with Crippen LogP contribution in [-0.4, -0.2) is 6.29 Å². The first-order chi connectivity index (χ1) is 6.54. The average Bonchev–Trinajstić information content (AvgIpc) is 2.14. The van der Waals surface area contributed by atoms with Gasteiger partial charge in [0, 0.05) is 0 Å². The van der Waals surface area contributed by atoms with E-state index in [9.17, 15) is 4.79 Å². The normalized spacial score (nSPS) is 22.5. The zero-order valence-corrected chi connectivity index (χ0v) is 9.16. The highest BCUT2D eigenvalue weighted by molar-refractivity contribution is 5.64. The van der Waals surface area contributed by atoms with E-state index in [0.29, 0.717) is 5.92 Å². The largest absolute Gasteiger partial charge is 0.299 e. The molecule has 0 aromatic heterocycles. The van der Waals surface area contributed by atoms with Gasteiger partial charge in [-0.1, -0.05) is 45.1 Å². The second kappa shape index (κ2) is 4.41. The number of hydrogen-bond acceptors (Lipinski definition) is 1. The smallest absolute Gasteiger partial charge is 0.142 e. The van der Waals surface area contributed by atoms with E-state index in [1.54, 1.807) is 6.08 Å². The molecule has 0 aliphatic heterocycles. The van der Waals surface area contributed by atoms with Crippen molar-refractivity contribution >= 4 is 6.29 Å². The van der Waals surface area contributed by atoms with Crippen LogP contribution in [0.3, 0.4) is 0 Å². The van der Waals surface area contributed by atoms with E-state index in [1.165, 1.54) is 5.57 Å². The highest BCUT2D eigenvalue weighted by atomic mass is 16.1. The highest BCUT2D eigenvalue weighted by Gasteiger charge is 2.17. The lowest BCUT2D eigenvalue weighted by molar-refractivity contribution is -0.104. The van der Waals surface area contributed by atoms with Crippen LogP contribution in [0, 0.1) is 11.3 Å². The fourth-order valence-corrected chi connectivity index (χ4v) is 1.52. The van der Waals surface area contributed by atoms with Gasteiger partial charge in [0.25, 0.3) is 0 Å². The third kappa shape index (κ3) is 2.99. The van der Waals surface area contributed by atoms with Gasteiger partial charge in [0.05, 0.1) is 0 Å². The minimum atomic E-state index is 0.232. The minimum Gasteiger partial charge on any atom is -0.299 e. The molecule has 0 spiro atoms. The van der Waals surface area contributed by atoms with Crippen LogP contribution < -0.4 is 0 Å². The van der Waals surface area contributed by atoms with E-state index >= 15 is 0 Å². The van der Waals surface area contributed by atoms with Gasteiger partial charge in [-0.25, -0.2) is 0 Å². The standard InChI is InChI=1S/C13H18O/c1-13(2,3)12-8-6-11(7-9-12)5-4-10-14/h4-6,8-11H,7H2,1-3H3. The zero-order valence-electron chi connectivity index (χ0n) is 9.16. The molecule has 1 heteroatoms. The molecule has 1 unspecified atom stereocenters. The third-order valence-electron chi connectivity index (χ3n) is 2.44. The van der Waals surface area contributed by atoms with Crippen LogP contribution in [-0.2, 0) is 4.79 Å². The molecule has 0 saturated carbocycles. The summed E-state index contributed by atoms with van der Waals surface area (Å²) in [7, 11) is 0. The number of carbonyl (C=O) groups excluding carboxylic acids is 1. The predicted octanol–water partition coefficient (Wildman–Crippen LogP) is 3.29. The Bertz CT molecular complexity index is 287. The third-order valence-corrected chi connectivity index (χ3v) is 2.44. The van der Waals surface area contributed by atoms with Gasteiger partial charge in [0.1, 0.15) is 6.29 Å². The summed E-state index contributed by atoms with van der Waals surface area (Å²) < 4.78 is 0. The van der Waals surface area contributed by atoms with Crippen LogP contribution in [0.2, 0.25) is 0 Å². The van der Waals surface area contributed by atoms with Crippen molar-refractivity contribution in [2.24, 2.45) is 11.3 Å². The number of allylic oxidation sites excluding steroid dienone is 6. The first-order valence-electron chi connectivity index (χ1n) is 5.05. The second-order valence-electron chi connectivity index (χ2n) is 4.69. The number of carbonyl (C=O) groups is 1.